The molecule has 3 N–H and O–H groups in total. The van der Waals surface area contributed by atoms with Crippen LogP contribution in [0.1, 0.15) is 19.3 Å². The molecule has 0 aromatic carbocycles. The fraction of sp³-hybridized carbons (Fsp3) is 0.625. The number of nitrogen functional groups attached to an aromatic ring is 1. The summed E-state index contributed by atoms with van der Waals surface area (Å²) in [6, 6.07) is 0. The van der Waals surface area contributed by atoms with Gasteiger partial charge in [-0.25, -0.2) is 0 Å². The van der Waals surface area contributed by atoms with Crippen molar-refractivity contribution in [3.05, 3.63) is 4.77 Å². The molecule has 0 saturated carbocycles. The Kier molecular flexibility index (Phi) is 2.62. The summed E-state index contributed by atoms with van der Waals surface area (Å²) in [7, 11) is 0. The largest absolute Gasteiger partial charge is 0.369 e. The van der Waals surface area contributed by atoms with Crippen molar-refractivity contribution in [1.29, 1.82) is 0 Å². The van der Waals surface area contributed by atoms with Crippen LogP contribution in [-0.2, 0) is 0 Å². The SMILES string of the molecule is Nc1nc(=S)nc(N2CCCCC2)[nH]1. The minimum Gasteiger partial charge on any atom is -0.369 e. The van der Waals surface area contributed by atoms with Gasteiger partial charge in [-0.1, -0.05) is 0 Å². The highest BCUT2D eigenvalue weighted by molar-refractivity contribution is 7.71. The molecule has 0 amide bonds. The fourth-order valence-electron chi connectivity index (χ4n) is 1.64. The van der Waals surface area contributed by atoms with Crippen LogP contribution in [0, 0.1) is 4.77 Å². The highest BCUT2D eigenvalue weighted by atomic mass is 32.1. The summed E-state index contributed by atoms with van der Waals surface area (Å²) in [5, 5.41) is 0. The summed E-state index contributed by atoms with van der Waals surface area (Å²) in [5.41, 5.74) is 5.57. The molecule has 0 aliphatic carbocycles. The van der Waals surface area contributed by atoms with Crippen LogP contribution in [0.4, 0.5) is 11.9 Å². The van der Waals surface area contributed by atoms with Crippen molar-refractivity contribution in [3.63, 3.8) is 0 Å². The van der Waals surface area contributed by atoms with Crippen molar-refractivity contribution < 1.29 is 0 Å². The molecule has 0 atom stereocenters. The molecule has 0 unspecified atom stereocenters. The maximum atomic E-state index is 5.57. The molecule has 14 heavy (non-hydrogen) atoms. The number of nitrogens with zero attached hydrogens (tertiary/aromatic N) is 3. The number of nitrogens with one attached hydrogen (secondary N) is 1. The molecule has 0 radical (unpaired) electrons. The number of hydrogen-bond donors (Lipinski definition) is 2. The molecule has 2 heterocycles. The van der Waals surface area contributed by atoms with E-state index in [0.29, 0.717) is 10.7 Å². The van der Waals surface area contributed by atoms with Crippen LogP contribution in [0.3, 0.4) is 0 Å². The average Bonchev–Trinajstić information content (AvgIpc) is 2.18. The van der Waals surface area contributed by atoms with E-state index in [9.17, 15) is 0 Å². The Morgan fingerprint density at radius 3 is 2.57 bits per heavy atom. The van der Waals surface area contributed by atoms with E-state index in [1.807, 2.05) is 0 Å². The normalized spacial score (nSPS) is 17.0. The van der Waals surface area contributed by atoms with Crippen LogP contribution < -0.4 is 10.6 Å². The van der Waals surface area contributed by atoms with Crippen LogP contribution >= 0.6 is 12.2 Å². The molecule has 0 spiro atoms. The lowest BCUT2D eigenvalue weighted by Crippen LogP contribution is -2.31. The standard InChI is InChI=1S/C8H13N5S/c9-6-10-7(12-8(14)11-6)13-4-2-1-3-5-13/h1-5H2,(H3,9,10,11,12,14). The number of hydrogen-bond acceptors (Lipinski definition) is 5. The van der Waals surface area contributed by atoms with Crippen molar-refractivity contribution in [2.24, 2.45) is 0 Å². The average molecular weight is 211 g/mol. The van der Waals surface area contributed by atoms with Crippen LogP contribution in [0.2, 0.25) is 0 Å². The third-order valence-electron chi connectivity index (χ3n) is 2.31. The molecule has 1 aromatic heterocycles. The van der Waals surface area contributed by atoms with Gasteiger partial charge in [0.05, 0.1) is 0 Å². The minimum atomic E-state index is 0.307. The lowest BCUT2D eigenvalue weighted by Gasteiger charge is -2.26. The summed E-state index contributed by atoms with van der Waals surface area (Å²) >= 11 is 4.91. The zero-order valence-electron chi connectivity index (χ0n) is 7.86. The van der Waals surface area contributed by atoms with Crippen LogP contribution in [-0.4, -0.2) is 28.0 Å². The van der Waals surface area contributed by atoms with Gasteiger partial charge in [0.15, 0.2) is 0 Å². The Labute approximate surface area is 87.4 Å². The van der Waals surface area contributed by atoms with Crippen molar-refractivity contribution in [3.8, 4) is 0 Å². The molecule has 5 nitrogen and oxygen atoms in total. The van der Waals surface area contributed by atoms with Crippen molar-refractivity contribution in [2.75, 3.05) is 23.7 Å². The number of piperidine rings is 1. The molecule has 0 bridgehead atoms. The van der Waals surface area contributed by atoms with E-state index in [2.05, 4.69) is 19.9 Å². The van der Waals surface area contributed by atoms with Crippen LogP contribution in [0.5, 0.6) is 0 Å². The van der Waals surface area contributed by atoms with Gasteiger partial charge in [-0.05, 0) is 31.5 Å². The highest BCUT2D eigenvalue weighted by Crippen LogP contribution is 2.15. The zero-order chi connectivity index (χ0) is 9.97. The lowest BCUT2D eigenvalue weighted by atomic mass is 10.1. The van der Waals surface area contributed by atoms with Gasteiger partial charge in [-0.3, -0.25) is 4.98 Å². The first-order chi connectivity index (χ1) is 6.75. The Balaban J connectivity index is 2.26. The summed E-state index contributed by atoms with van der Waals surface area (Å²) in [6.45, 7) is 2.03. The fourth-order valence-corrected chi connectivity index (χ4v) is 1.83. The van der Waals surface area contributed by atoms with Gasteiger partial charge in [0.1, 0.15) is 0 Å². The predicted molar refractivity (Wildman–Crippen MR) is 57.7 cm³/mol. The van der Waals surface area contributed by atoms with E-state index < -0.39 is 0 Å². The predicted octanol–water partition coefficient (Wildman–Crippen LogP) is 1.11. The Morgan fingerprint density at radius 1 is 1.21 bits per heavy atom. The van der Waals surface area contributed by atoms with Crippen molar-refractivity contribution >= 4 is 24.1 Å². The first-order valence-electron chi connectivity index (χ1n) is 4.74. The third-order valence-corrected chi connectivity index (χ3v) is 2.50. The van der Waals surface area contributed by atoms with Gasteiger partial charge in [0, 0.05) is 13.1 Å². The molecule has 1 fully saturated rings. The molecule has 76 valence electrons. The van der Waals surface area contributed by atoms with Crippen LogP contribution in [0.15, 0.2) is 0 Å². The second-order valence-electron chi connectivity index (χ2n) is 3.39. The molecule has 1 aliphatic heterocycles. The quantitative estimate of drug-likeness (QED) is 0.681. The van der Waals surface area contributed by atoms with Crippen LogP contribution in [0.25, 0.3) is 0 Å². The van der Waals surface area contributed by atoms with Gasteiger partial charge in [0.2, 0.25) is 16.7 Å². The Morgan fingerprint density at radius 2 is 1.93 bits per heavy atom. The van der Waals surface area contributed by atoms with Gasteiger partial charge in [-0.2, -0.15) is 9.97 Å². The summed E-state index contributed by atoms with van der Waals surface area (Å²) < 4.78 is 0.307. The lowest BCUT2D eigenvalue weighted by molar-refractivity contribution is 0.567. The number of aromatic amines is 1. The van der Waals surface area contributed by atoms with E-state index in [4.69, 9.17) is 18.0 Å². The summed E-state index contributed by atoms with van der Waals surface area (Å²) in [5.74, 6) is 1.09. The second-order valence-corrected chi connectivity index (χ2v) is 3.75. The topological polar surface area (TPSA) is 70.8 Å². The number of nitrogens with two attached hydrogens (primary N) is 1. The zero-order valence-corrected chi connectivity index (χ0v) is 8.68. The number of rotatable bonds is 1. The van der Waals surface area contributed by atoms with E-state index in [1.165, 1.54) is 19.3 Å². The maximum Gasteiger partial charge on any atom is 0.225 e. The van der Waals surface area contributed by atoms with E-state index >= 15 is 0 Å². The van der Waals surface area contributed by atoms with Gasteiger partial charge in [0.25, 0.3) is 0 Å². The minimum absolute atomic E-state index is 0.307. The van der Waals surface area contributed by atoms with Crippen molar-refractivity contribution in [2.45, 2.75) is 19.3 Å². The molecule has 1 aliphatic rings. The van der Waals surface area contributed by atoms with Crippen molar-refractivity contribution in [1.82, 2.24) is 15.0 Å². The Bertz CT molecular complexity index is 368. The molecule has 1 aromatic rings. The monoisotopic (exact) mass is 211 g/mol. The van der Waals surface area contributed by atoms with E-state index in [1.54, 1.807) is 0 Å². The smallest absolute Gasteiger partial charge is 0.225 e. The molecule has 2 rings (SSSR count). The first kappa shape index (κ1) is 9.39. The van der Waals surface area contributed by atoms with E-state index in [0.717, 1.165) is 19.0 Å². The highest BCUT2D eigenvalue weighted by Gasteiger charge is 2.12. The Hall–Kier alpha value is -1.17. The number of anilines is 2. The number of H-pyrrole nitrogens is 1. The summed E-state index contributed by atoms with van der Waals surface area (Å²) in [4.78, 5) is 13.1. The molecule has 6 heteroatoms. The first-order valence-corrected chi connectivity index (χ1v) is 5.15. The second kappa shape index (κ2) is 3.91. The molecular formula is C8H13N5S. The maximum absolute atomic E-state index is 5.57. The number of aromatic nitrogens is 3. The van der Waals surface area contributed by atoms with E-state index in [-0.39, 0.29) is 0 Å². The molecular weight excluding hydrogens is 198 g/mol. The molecule has 1 saturated heterocycles. The van der Waals surface area contributed by atoms with Gasteiger partial charge >= 0.3 is 0 Å². The summed E-state index contributed by atoms with van der Waals surface area (Å²) in [6.07, 6.45) is 3.69. The van der Waals surface area contributed by atoms with Gasteiger partial charge < -0.3 is 10.6 Å². The third kappa shape index (κ3) is 2.01. The van der Waals surface area contributed by atoms with Gasteiger partial charge in [-0.15, -0.1) is 0 Å².